The van der Waals surface area contributed by atoms with Crippen molar-refractivity contribution in [2.75, 3.05) is 67.7 Å². The van der Waals surface area contributed by atoms with Gasteiger partial charge in [0.15, 0.2) is 93.3 Å². The average molecular weight is 2250 g/mol. The van der Waals surface area contributed by atoms with Gasteiger partial charge in [-0.1, -0.05) is 159 Å². The van der Waals surface area contributed by atoms with E-state index in [0.29, 0.717) is 28.1 Å². The number of aryl methyl sites for hydroxylation is 1. The summed E-state index contributed by atoms with van der Waals surface area (Å²) in [5.74, 6) is -11.8. The van der Waals surface area contributed by atoms with E-state index in [1.54, 1.807) is 116 Å². The molecule has 0 aliphatic rings. The van der Waals surface area contributed by atoms with Crippen molar-refractivity contribution in [2.45, 2.75) is 263 Å². The van der Waals surface area contributed by atoms with Gasteiger partial charge in [-0.25, -0.2) is 113 Å². The number of ether oxygens (including phenoxy) is 3. The first-order valence-corrected chi connectivity index (χ1v) is 53.8. The van der Waals surface area contributed by atoms with E-state index in [1.165, 1.54) is 42.4 Å². The average Bonchev–Trinajstić information content (AvgIpc) is 1.59. The Hall–Kier alpha value is -9.84. The molecule has 9 heterocycles. The third-order valence-corrected chi connectivity index (χ3v) is 28.9. The molecule has 10 rings (SSSR count). The minimum atomic E-state index is -4.18. The summed E-state index contributed by atoms with van der Waals surface area (Å²) in [7, 11) is -15.9. The van der Waals surface area contributed by atoms with E-state index in [1.807, 2.05) is 69.2 Å². The fourth-order valence-electron chi connectivity index (χ4n) is 12.8. The molecule has 33 nitrogen and oxygen atoms in total. The molecule has 10 aromatic rings. The van der Waals surface area contributed by atoms with Crippen LogP contribution in [-0.2, 0) is 85.8 Å². The van der Waals surface area contributed by atoms with Crippen molar-refractivity contribution in [3.05, 3.63) is 166 Å². The molecule has 9 aromatic heterocycles. The lowest BCUT2D eigenvalue weighted by Gasteiger charge is -2.32. The number of H-pyrrole nitrogens is 1. The number of aromatic amines is 1. The van der Waals surface area contributed by atoms with Crippen molar-refractivity contribution >= 4 is 162 Å². The number of thiol groups is 1. The van der Waals surface area contributed by atoms with Crippen molar-refractivity contribution in [1.82, 2.24) is 68.8 Å². The van der Waals surface area contributed by atoms with E-state index in [-0.39, 0.29) is 162 Å². The van der Waals surface area contributed by atoms with Gasteiger partial charge in [-0.05, 0) is 180 Å². The first-order valence-electron chi connectivity index (χ1n) is 44.0. The van der Waals surface area contributed by atoms with Crippen LogP contribution in [0.25, 0.3) is 44.8 Å². The number of carbonyl (C=O) groups excluding carboxylic acids is 3. The minimum absolute atomic E-state index is 0. The van der Waals surface area contributed by atoms with Gasteiger partial charge in [-0.3, -0.25) is 19.2 Å². The van der Waals surface area contributed by atoms with Crippen LogP contribution in [0.1, 0.15) is 220 Å². The number of aromatic nitrogens is 14. The monoisotopic (exact) mass is 2240 g/mol. The number of carbonyl (C=O) groups is 4. The summed E-state index contributed by atoms with van der Waals surface area (Å²) in [6, 6.07) is 7.66. The molecule has 5 atom stereocenters. The van der Waals surface area contributed by atoms with E-state index in [2.05, 4.69) is 93.4 Å². The second-order valence-corrected chi connectivity index (χ2v) is 52.2. The molecule has 0 fully saturated rings. The molecule has 1 aromatic carbocycles. The van der Waals surface area contributed by atoms with Gasteiger partial charge in [0.25, 0.3) is 10.0 Å². The van der Waals surface area contributed by atoms with Crippen molar-refractivity contribution in [2.24, 2.45) is 38.9 Å². The van der Waals surface area contributed by atoms with Crippen LogP contribution in [-0.4, -0.2) is 218 Å². The highest BCUT2D eigenvalue weighted by Gasteiger charge is 2.39. The summed E-state index contributed by atoms with van der Waals surface area (Å²) in [5, 5.41) is 18.0. The van der Waals surface area contributed by atoms with Crippen LogP contribution in [0.2, 0.25) is 15.9 Å². The van der Waals surface area contributed by atoms with Crippen LogP contribution < -0.4 is 16.0 Å². The molecule has 0 bridgehead atoms. The Morgan fingerprint density at radius 2 is 0.810 bits per heavy atom. The lowest BCUT2D eigenvalue weighted by Crippen LogP contribution is -2.42. The highest BCUT2D eigenvalue weighted by Crippen LogP contribution is 2.38. The lowest BCUT2D eigenvalue weighted by atomic mass is 9.79. The Morgan fingerprint density at radius 3 is 1.20 bits per heavy atom. The standard InChI is InChI=1S/C31H36F2N4O6S2.C20H22F2N4O4S.C16H25ClFN3O4S.C16H25ClFN3O2S.C10H15ClFN3S.5CH4/c1-19-8-10-22(11-9-19)45(41,42)37-16-24(23-13-21(32)14-35-29(23)37)28-34-15-25(33)26(36-28)12-20(30(2,3)4)17-44(39,40)18-27(38)43-31(5,6)7;1-20(2,3)11(9-31(29,30)10-17(27)28)4-16-15(22)8-25-19(26-16)14-7-24-18-13(14)5-12(21)6-23-18;1-15(2,3)11(20-13-10(18)7-19-14(17)21-13)8-26(23,24)9-12(22)25-16(4,5)6;1-15(2,3)11(8-24-9-12(22)23-16(4,5)6)20-13-10(18)7-19-14(17)21-13;1-10(2,3)7(5-16)14-8-6(12)4-13-9(11)15-8;;;;;/h8-11,13-16,20H,12,17-18H2,1-7H3;5-8,11H,4,9-10H2,1-3H3,(H,23,24)(H,27,28);7,11H,8-9H2,1-6H3,(H,19,20,21);7,11H,8-9H2,1-6H3,(H,19,20,21);4,7,16H,5H2,1-3H3,(H,13,14,15);5*1H4/t20-;3*11-;7-;;;;;/m11111...../s1. The third-order valence-electron chi connectivity index (χ3n) is 20.6. The molecular formula is C98H143Cl3F7N17O16S6. The topological polar surface area (TPSA) is 464 Å². The molecule has 0 unspecified atom stereocenters. The Kier molecular flexibility index (Phi) is 50.3. The molecule has 0 aliphatic carbocycles. The zero-order valence-corrected chi connectivity index (χ0v) is 90.7. The number of fused-ring (bicyclic) bond motifs is 2. The summed E-state index contributed by atoms with van der Waals surface area (Å²) in [5.41, 5.74) is -2.62. The van der Waals surface area contributed by atoms with Gasteiger partial charge in [0.1, 0.15) is 51.3 Å². The number of rotatable bonds is 31. The first-order chi connectivity index (χ1) is 64.8. The molecule has 0 aliphatic heterocycles. The van der Waals surface area contributed by atoms with Gasteiger partial charge in [-0.2, -0.15) is 27.6 Å². The molecular weight excluding hydrogens is 2100 g/mol. The summed E-state index contributed by atoms with van der Waals surface area (Å²) in [6.45, 7) is 45.5. The number of anilines is 3. The van der Waals surface area contributed by atoms with Gasteiger partial charge < -0.3 is 40.3 Å². The maximum absolute atomic E-state index is 15.2. The van der Waals surface area contributed by atoms with E-state index in [9.17, 15) is 79.2 Å². The number of halogens is 10. The smallest absolute Gasteiger partial charge is 0.321 e. The highest BCUT2D eigenvalue weighted by molar-refractivity contribution is 8.00. The fourth-order valence-corrected chi connectivity index (χ4v) is 21.4. The lowest BCUT2D eigenvalue weighted by molar-refractivity contribution is -0.152. The second-order valence-electron chi connectivity index (χ2n) is 41.7. The van der Waals surface area contributed by atoms with Crippen molar-refractivity contribution in [1.29, 1.82) is 0 Å². The third kappa shape index (κ3) is 44.3. The normalized spacial score (nSPS) is 13.2. The van der Waals surface area contributed by atoms with Gasteiger partial charge >= 0.3 is 23.9 Å². The number of nitrogens with zero attached hydrogens (tertiary/aromatic N) is 13. The molecule has 0 saturated carbocycles. The maximum atomic E-state index is 15.2. The Morgan fingerprint density at radius 1 is 0.449 bits per heavy atom. The number of pyridine rings is 2. The molecule has 147 heavy (non-hydrogen) atoms. The Balaban J connectivity index is 0.000000946. The predicted molar refractivity (Wildman–Crippen MR) is 572 cm³/mol. The number of esters is 3. The van der Waals surface area contributed by atoms with E-state index in [4.69, 9.17) is 54.1 Å². The minimum Gasteiger partial charge on any atom is -0.480 e. The zero-order valence-electron chi connectivity index (χ0n) is 83.5. The van der Waals surface area contributed by atoms with Gasteiger partial charge in [0.2, 0.25) is 15.9 Å². The molecule has 5 N–H and O–H groups in total. The van der Waals surface area contributed by atoms with Crippen LogP contribution >= 0.6 is 59.2 Å². The summed E-state index contributed by atoms with van der Waals surface area (Å²) in [4.78, 5) is 96.4. The van der Waals surface area contributed by atoms with Gasteiger partial charge in [0, 0.05) is 63.9 Å². The van der Waals surface area contributed by atoms with Gasteiger partial charge in [0.05, 0.1) is 82.7 Å². The molecule has 49 heteroatoms. The molecule has 0 radical (unpaired) electrons. The van der Waals surface area contributed by atoms with E-state index in [0.717, 1.165) is 59.0 Å². The van der Waals surface area contributed by atoms with Gasteiger partial charge in [-0.15, -0.1) is 11.8 Å². The Bertz CT molecular complexity index is 6600. The summed E-state index contributed by atoms with van der Waals surface area (Å²) >= 11 is 22.7. The van der Waals surface area contributed by atoms with Crippen molar-refractivity contribution in [3.8, 4) is 22.8 Å². The number of hydrogen-bond donors (Lipinski definition) is 6. The Labute approximate surface area is 885 Å². The predicted octanol–water partition coefficient (Wildman–Crippen LogP) is 21.5. The summed E-state index contributed by atoms with van der Waals surface area (Å²) < 4.78 is 218. The fraction of sp³-hybridized carbons (Fsp3) is 0.551. The number of thioether (sulfide) groups is 1. The van der Waals surface area contributed by atoms with Crippen LogP contribution in [0.4, 0.5) is 48.2 Å². The van der Waals surface area contributed by atoms with E-state index >= 15 is 4.39 Å². The number of carboxylic acids is 1. The zero-order chi connectivity index (χ0) is 108. The van der Waals surface area contributed by atoms with E-state index < -0.39 is 184 Å². The number of carboxylic acid groups (broad SMARTS) is 1. The first kappa shape index (κ1) is 135. The number of benzene rings is 1. The van der Waals surface area contributed by atoms with Crippen LogP contribution in [0, 0.1) is 86.6 Å². The second kappa shape index (κ2) is 54.7. The number of sulfone groups is 3. The number of nitrogens with one attached hydrogen (secondary N) is 4. The van der Waals surface area contributed by atoms with Crippen LogP contribution in [0.5, 0.6) is 0 Å². The number of hydrogen-bond acceptors (Lipinski definition) is 32. The number of aliphatic carboxylic acids is 1. The summed E-state index contributed by atoms with van der Waals surface area (Å²) in [6.07, 6.45) is 9.35. The van der Waals surface area contributed by atoms with Crippen molar-refractivity contribution < 1.29 is 103 Å². The SMILES string of the molecule is C.C.C.C.C.CC(C)(C)OC(=O)CS(=O)(=O)C[C@@H](Nc1nc(Cl)ncc1F)C(C)(C)C.CC(C)(C)OC(=O)CSC[C@@H](Nc1nc(Cl)ncc1F)C(C)(C)C.CC(C)(C)[C@@H](CS)Nc1nc(Cl)ncc1F.CC(C)(C)[C@H](Cc1nc(-c2c[nH]c3ncc(F)cc23)ncc1F)CS(=O)(=O)CC(=O)O.Cc1ccc(S(=O)(=O)n2cc(-c3ncc(F)c(C[C@H](CS(=O)(=O)CC(=O)OC(C)(C)C)C(C)(C)C)n3)c3cc(F)cnc32)cc1. The van der Waals surface area contributed by atoms with Crippen LogP contribution in [0.3, 0.4) is 0 Å². The van der Waals surface area contributed by atoms with Crippen molar-refractivity contribution in [3.63, 3.8) is 0 Å². The molecule has 0 spiro atoms. The highest BCUT2D eigenvalue weighted by atomic mass is 35.5. The molecule has 0 saturated heterocycles. The largest absolute Gasteiger partial charge is 0.480 e. The molecule has 822 valence electrons. The quantitative estimate of drug-likeness (QED) is 0.00772. The maximum Gasteiger partial charge on any atom is 0.321 e. The van der Waals surface area contributed by atoms with Crippen LogP contribution in [0.15, 0.2) is 97.1 Å². The molecule has 0 amide bonds.